The predicted molar refractivity (Wildman–Crippen MR) is 116 cm³/mol. The predicted octanol–water partition coefficient (Wildman–Crippen LogP) is 2.88. The van der Waals surface area contributed by atoms with Gasteiger partial charge in [-0.05, 0) is 51.3 Å². The van der Waals surface area contributed by atoms with Gasteiger partial charge in [-0.2, -0.15) is 5.10 Å². The first-order chi connectivity index (χ1) is 13.4. The second-order valence-electron chi connectivity index (χ2n) is 8.17. The monoisotopic (exact) mass is 382 g/mol. The van der Waals surface area contributed by atoms with Crippen LogP contribution in [0.3, 0.4) is 0 Å². The van der Waals surface area contributed by atoms with E-state index in [0.717, 1.165) is 36.1 Å². The minimum Gasteiger partial charge on any atom is -0.352 e. The third-order valence-electron chi connectivity index (χ3n) is 5.59. The summed E-state index contributed by atoms with van der Waals surface area (Å²) >= 11 is 0. The molecule has 1 aromatic carbocycles. The second kappa shape index (κ2) is 8.78. The molecule has 0 aliphatic carbocycles. The van der Waals surface area contributed by atoms with Gasteiger partial charge < -0.3 is 10.6 Å². The van der Waals surface area contributed by atoms with Gasteiger partial charge in [-0.3, -0.25) is 9.89 Å². The first-order valence-corrected chi connectivity index (χ1v) is 10.2. The van der Waals surface area contributed by atoms with Crippen molar-refractivity contribution in [1.82, 2.24) is 25.3 Å². The molecule has 1 aliphatic rings. The maximum atomic E-state index is 4.64. The van der Waals surface area contributed by atoms with E-state index in [1.807, 2.05) is 18.7 Å². The first-order valence-electron chi connectivity index (χ1n) is 10.2. The summed E-state index contributed by atoms with van der Waals surface area (Å²) in [6, 6.07) is 11.5. The van der Waals surface area contributed by atoms with Crippen LogP contribution in [0.1, 0.15) is 37.7 Å². The summed E-state index contributed by atoms with van der Waals surface area (Å²) in [7, 11) is 1.84. The summed E-state index contributed by atoms with van der Waals surface area (Å²) in [6.07, 6.45) is 0. The van der Waals surface area contributed by atoms with Crippen LogP contribution in [0.5, 0.6) is 0 Å². The topological polar surface area (TPSA) is 57.5 Å². The Hall–Kier alpha value is -2.34. The average Bonchev–Trinajstić information content (AvgIpc) is 3.20. The number of nitrogens with zero attached hydrogens (tertiary/aromatic N) is 4. The molecule has 0 spiro atoms. The first kappa shape index (κ1) is 20.4. The van der Waals surface area contributed by atoms with Crippen LogP contribution in [-0.2, 0) is 6.54 Å². The van der Waals surface area contributed by atoms with Gasteiger partial charge in [-0.25, -0.2) is 4.68 Å². The van der Waals surface area contributed by atoms with E-state index in [-0.39, 0.29) is 0 Å². The van der Waals surface area contributed by atoms with E-state index in [1.165, 1.54) is 5.56 Å². The zero-order valence-electron chi connectivity index (χ0n) is 18.0. The van der Waals surface area contributed by atoms with Crippen LogP contribution in [0.25, 0.3) is 5.69 Å². The molecule has 28 heavy (non-hydrogen) atoms. The van der Waals surface area contributed by atoms with E-state index in [1.54, 1.807) is 0 Å². The molecule has 6 heteroatoms. The minimum absolute atomic E-state index is 0.417. The number of likely N-dealkylation sites (tertiary alicyclic amines) is 1. The van der Waals surface area contributed by atoms with Gasteiger partial charge in [0.1, 0.15) is 0 Å². The van der Waals surface area contributed by atoms with Gasteiger partial charge in [0.05, 0.1) is 11.4 Å². The third-order valence-corrected chi connectivity index (χ3v) is 5.59. The molecule has 1 aromatic heterocycles. The number of benzene rings is 1. The van der Waals surface area contributed by atoms with Crippen molar-refractivity contribution in [2.45, 2.75) is 53.2 Å². The molecule has 2 aromatic rings. The maximum absolute atomic E-state index is 4.64. The summed E-state index contributed by atoms with van der Waals surface area (Å²) in [5.74, 6) is 1.45. The van der Waals surface area contributed by atoms with Crippen molar-refractivity contribution in [3.63, 3.8) is 0 Å². The Labute approximate surface area is 169 Å². The van der Waals surface area contributed by atoms with Crippen molar-refractivity contribution in [2.24, 2.45) is 10.9 Å². The SMILES string of the molecule is CN=C(NCc1ccccc1-n1nc(C)cc1C)NC1CN(C(C)C)CC1C. The van der Waals surface area contributed by atoms with Crippen molar-refractivity contribution < 1.29 is 0 Å². The highest BCUT2D eigenvalue weighted by Crippen LogP contribution is 2.19. The normalized spacial score (nSPS) is 20.8. The Morgan fingerprint density at radius 3 is 2.61 bits per heavy atom. The van der Waals surface area contributed by atoms with E-state index in [9.17, 15) is 0 Å². The minimum atomic E-state index is 0.417. The number of nitrogens with one attached hydrogen (secondary N) is 2. The molecule has 6 nitrogen and oxygen atoms in total. The van der Waals surface area contributed by atoms with Crippen molar-refractivity contribution in [1.29, 1.82) is 0 Å². The van der Waals surface area contributed by atoms with Gasteiger partial charge in [0.2, 0.25) is 0 Å². The Balaban J connectivity index is 1.67. The molecule has 0 bridgehead atoms. The van der Waals surface area contributed by atoms with E-state index < -0.39 is 0 Å². The summed E-state index contributed by atoms with van der Waals surface area (Å²) in [5, 5.41) is 11.8. The van der Waals surface area contributed by atoms with Crippen LogP contribution in [0, 0.1) is 19.8 Å². The van der Waals surface area contributed by atoms with Crippen LogP contribution < -0.4 is 10.6 Å². The van der Waals surface area contributed by atoms with E-state index in [0.29, 0.717) is 24.5 Å². The zero-order valence-corrected chi connectivity index (χ0v) is 18.0. The second-order valence-corrected chi connectivity index (χ2v) is 8.17. The van der Waals surface area contributed by atoms with Crippen molar-refractivity contribution in [2.75, 3.05) is 20.1 Å². The lowest BCUT2D eigenvalue weighted by molar-refractivity contribution is 0.265. The summed E-state index contributed by atoms with van der Waals surface area (Å²) in [5.41, 5.74) is 4.47. The third kappa shape index (κ3) is 4.55. The highest BCUT2D eigenvalue weighted by molar-refractivity contribution is 5.80. The average molecular weight is 383 g/mol. The van der Waals surface area contributed by atoms with Crippen molar-refractivity contribution in [3.05, 3.63) is 47.3 Å². The van der Waals surface area contributed by atoms with Gasteiger partial charge in [0.15, 0.2) is 5.96 Å². The Morgan fingerprint density at radius 1 is 1.25 bits per heavy atom. The fourth-order valence-corrected chi connectivity index (χ4v) is 3.90. The summed E-state index contributed by atoms with van der Waals surface area (Å²) in [4.78, 5) is 6.97. The molecule has 2 unspecified atom stereocenters. The number of hydrogen-bond acceptors (Lipinski definition) is 3. The van der Waals surface area contributed by atoms with Crippen LogP contribution in [0.2, 0.25) is 0 Å². The number of para-hydroxylation sites is 1. The number of guanidine groups is 1. The Bertz CT molecular complexity index is 822. The molecule has 1 fully saturated rings. The van der Waals surface area contributed by atoms with Crippen LogP contribution in [-0.4, -0.2) is 52.9 Å². The molecule has 0 saturated carbocycles. The highest BCUT2D eigenvalue weighted by atomic mass is 15.3. The van der Waals surface area contributed by atoms with Gasteiger partial charge in [0.25, 0.3) is 0 Å². The molecular weight excluding hydrogens is 348 g/mol. The van der Waals surface area contributed by atoms with E-state index in [2.05, 4.69) is 83.7 Å². The molecule has 2 N–H and O–H groups in total. The number of hydrogen-bond donors (Lipinski definition) is 2. The van der Waals surface area contributed by atoms with Crippen molar-refractivity contribution in [3.8, 4) is 5.69 Å². The fraction of sp³-hybridized carbons (Fsp3) is 0.545. The number of aliphatic imine (C=N–C) groups is 1. The van der Waals surface area contributed by atoms with Gasteiger partial charge >= 0.3 is 0 Å². The lowest BCUT2D eigenvalue weighted by Crippen LogP contribution is -2.46. The quantitative estimate of drug-likeness (QED) is 0.617. The molecule has 1 saturated heterocycles. The largest absolute Gasteiger partial charge is 0.352 e. The number of aromatic nitrogens is 2. The van der Waals surface area contributed by atoms with Crippen molar-refractivity contribution >= 4 is 5.96 Å². The molecular formula is C22H34N6. The molecule has 1 aliphatic heterocycles. The number of rotatable bonds is 5. The summed E-state index contributed by atoms with van der Waals surface area (Å²) < 4.78 is 2.02. The van der Waals surface area contributed by atoms with Crippen LogP contribution >= 0.6 is 0 Å². The molecule has 2 atom stereocenters. The Morgan fingerprint density at radius 2 is 2.00 bits per heavy atom. The van der Waals surface area contributed by atoms with Gasteiger partial charge in [-0.1, -0.05) is 25.1 Å². The smallest absolute Gasteiger partial charge is 0.191 e. The molecule has 0 radical (unpaired) electrons. The highest BCUT2D eigenvalue weighted by Gasteiger charge is 2.31. The van der Waals surface area contributed by atoms with Crippen LogP contribution in [0.4, 0.5) is 0 Å². The molecule has 0 amide bonds. The molecule has 152 valence electrons. The van der Waals surface area contributed by atoms with Gasteiger partial charge in [0, 0.05) is 44.5 Å². The number of aryl methyl sites for hydroxylation is 2. The molecule has 3 rings (SSSR count). The van der Waals surface area contributed by atoms with Crippen LogP contribution in [0.15, 0.2) is 35.3 Å². The van der Waals surface area contributed by atoms with Gasteiger partial charge in [-0.15, -0.1) is 0 Å². The zero-order chi connectivity index (χ0) is 20.3. The Kier molecular flexibility index (Phi) is 6.39. The standard InChI is InChI=1S/C22H34N6/c1-15(2)27-13-16(3)20(14-27)25-22(23-6)24-12-19-9-7-8-10-21(19)28-18(5)11-17(4)26-28/h7-11,15-16,20H,12-14H2,1-6H3,(H2,23,24,25). The fourth-order valence-electron chi connectivity index (χ4n) is 3.90. The maximum Gasteiger partial charge on any atom is 0.191 e. The molecule has 2 heterocycles. The lowest BCUT2D eigenvalue weighted by Gasteiger charge is -2.22. The summed E-state index contributed by atoms with van der Waals surface area (Å²) in [6.45, 7) is 13.8. The van der Waals surface area contributed by atoms with E-state index >= 15 is 0 Å². The van der Waals surface area contributed by atoms with E-state index in [4.69, 9.17) is 0 Å². The lowest BCUT2D eigenvalue weighted by atomic mass is 10.1.